The molecule has 78 valence electrons. The second kappa shape index (κ2) is 3.92. The van der Waals surface area contributed by atoms with Crippen molar-refractivity contribution in [2.75, 3.05) is 0 Å². The van der Waals surface area contributed by atoms with E-state index in [0.717, 1.165) is 5.92 Å². The highest BCUT2D eigenvalue weighted by Gasteiger charge is 2.29. The van der Waals surface area contributed by atoms with Crippen LogP contribution in [0.25, 0.3) is 0 Å². The molecule has 0 aromatic rings. The van der Waals surface area contributed by atoms with E-state index in [1.165, 1.54) is 38.5 Å². The monoisotopic (exact) mass is 190 g/mol. The highest BCUT2D eigenvalue weighted by molar-refractivity contribution is 5.48. The van der Waals surface area contributed by atoms with Crippen molar-refractivity contribution < 1.29 is 0 Å². The van der Waals surface area contributed by atoms with Crippen molar-refractivity contribution in [2.24, 2.45) is 5.92 Å². The van der Waals surface area contributed by atoms with Crippen LogP contribution in [0, 0.1) is 5.92 Å². The summed E-state index contributed by atoms with van der Waals surface area (Å²) >= 11 is 0. The van der Waals surface area contributed by atoms with Crippen LogP contribution < -0.4 is 0 Å². The maximum Gasteiger partial charge on any atom is 0.00159 e. The molecule has 0 N–H and O–H groups in total. The van der Waals surface area contributed by atoms with E-state index in [1.807, 2.05) is 5.57 Å². The predicted octanol–water partition coefficient (Wildman–Crippen LogP) is 4.62. The van der Waals surface area contributed by atoms with Gasteiger partial charge in [-0.25, -0.2) is 0 Å². The Bertz CT molecular complexity index is 291. The largest absolute Gasteiger partial charge is 0.0651 e. The van der Waals surface area contributed by atoms with Gasteiger partial charge in [0.05, 0.1) is 0 Å². The molecule has 0 spiro atoms. The van der Waals surface area contributed by atoms with Crippen LogP contribution in [-0.4, -0.2) is 0 Å². The second-order valence-corrected chi connectivity index (χ2v) is 4.86. The number of fused-ring (bicyclic) bond motifs is 1. The molecule has 14 heavy (non-hydrogen) atoms. The van der Waals surface area contributed by atoms with Crippen molar-refractivity contribution in [3.8, 4) is 0 Å². The summed E-state index contributed by atoms with van der Waals surface area (Å²) in [6.45, 7) is 6.99. The molecule has 0 aromatic carbocycles. The molecule has 0 bridgehead atoms. The van der Waals surface area contributed by atoms with E-state index in [4.69, 9.17) is 0 Å². The lowest BCUT2D eigenvalue weighted by Crippen LogP contribution is -2.08. The van der Waals surface area contributed by atoms with E-state index in [2.05, 4.69) is 20.8 Å². The van der Waals surface area contributed by atoms with Gasteiger partial charge in [-0.15, -0.1) is 0 Å². The molecule has 0 radical (unpaired) electrons. The van der Waals surface area contributed by atoms with Gasteiger partial charge in [0, 0.05) is 5.92 Å². The molecule has 0 saturated heterocycles. The molecule has 1 atom stereocenters. The molecular formula is C14H22. The van der Waals surface area contributed by atoms with Gasteiger partial charge in [0.25, 0.3) is 0 Å². The van der Waals surface area contributed by atoms with Crippen molar-refractivity contribution >= 4 is 0 Å². The molecule has 0 nitrogen and oxygen atoms in total. The Hall–Kier alpha value is -0.520. The summed E-state index contributed by atoms with van der Waals surface area (Å²) in [5.41, 5.74) is 6.86. The molecule has 2 aliphatic rings. The maximum absolute atomic E-state index is 2.36. The highest BCUT2D eigenvalue weighted by Crippen LogP contribution is 2.46. The van der Waals surface area contributed by atoms with Gasteiger partial charge in [-0.1, -0.05) is 30.9 Å². The summed E-state index contributed by atoms with van der Waals surface area (Å²) in [4.78, 5) is 0. The second-order valence-electron chi connectivity index (χ2n) is 4.86. The number of hydrogen-bond acceptors (Lipinski definition) is 0. The normalized spacial score (nSPS) is 27.2. The third-order valence-electron chi connectivity index (χ3n) is 4.06. The Morgan fingerprint density at radius 2 is 2.00 bits per heavy atom. The Morgan fingerprint density at radius 1 is 1.21 bits per heavy atom. The summed E-state index contributed by atoms with van der Waals surface area (Å²) in [5.74, 6) is 0.852. The molecule has 0 heteroatoms. The lowest BCUT2D eigenvalue weighted by atomic mass is 9.82. The predicted molar refractivity (Wildman–Crippen MR) is 62.3 cm³/mol. The van der Waals surface area contributed by atoms with Crippen molar-refractivity contribution in [3.05, 3.63) is 22.3 Å². The van der Waals surface area contributed by atoms with Gasteiger partial charge in [-0.2, -0.15) is 0 Å². The van der Waals surface area contributed by atoms with Crippen LogP contribution in [0.5, 0.6) is 0 Å². The molecule has 0 aromatic heterocycles. The minimum absolute atomic E-state index is 0.852. The molecule has 1 saturated carbocycles. The summed E-state index contributed by atoms with van der Waals surface area (Å²) in [6, 6.07) is 0. The smallest absolute Gasteiger partial charge is 0.00159 e. The van der Waals surface area contributed by atoms with E-state index in [-0.39, 0.29) is 0 Å². The minimum atomic E-state index is 0.852. The SMILES string of the molecule is CCCC1=C2CCCCC2C(C)=C1C. The zero-order chi connectivity index (χ0) is 10.1. The summed E-state index contributed by atoms with van der Waals surface area (Å²) in [5, 5.41) is 0. The van der Waals surface area contributed by atoms with Gasteiger partial charge < -0.3 is 0 Å². The number of hydrogen-bond donors (Lipinski definition) is 0. The Balaban J connectivity index is 2.32. The molecule has 2 aliphatic carbocycles. The Morgan fingerprint density at radius 3 is 2.71 bits per heavy atom. The Kier molecular flexibility index (Phi) is 2.80. The topological polar surface area (TPSA) is 0 Å². The first-order valence-electron chi connectivity index (χ1n) is 6.15. The first-order valence-corrected chi connectivity index (χ1v) is 6.15. The maximum atomic E-state index is 2.36. The van der Waals surface area contributed by atoms with Crippen LogP contribution in [0.15, 0.2) is 22.3 Å². The van der Waals surface area contributed by atoms with Crippen molar-refractivity contribution in [3.63, 3.8) is 0 Å². The highest BCUT2D eigenvalue weighted by atomic mass is 14.3. The molecule has 0 amide bonds. The van der Waals surface area contributed by atoms with Crippen LogP contribution in [0.3, 0.4) is 0 Å². The first-order chi connectivity index (χ1) is 6.75. The molecule has 2 rings (SSSR count). The van der Waals surface area contributed by atoms with Crippen LogP contribution in [0.2, 0.25) is 0 Å². The first kappa shape index (κ1) is 10.0. The van der Waals surface area contributed by atoms with Gasteiger partial charge in [0.2, 0.25) is 0 Å². The quantitative estimate of drug-likeness (QED) is 0.596. The molecular weight excluding hydrogens is 168 g/mol. The number of allylic oxidation sites excluding steroid dienone is 4. The summed E-state index contributed by atoms with van der Waals surface area (Å²) in [6.07, 6.45) is 8.30. The van der Waals surface area contributed by atoms with E-state index in [0.29, 0.717) is 0 Å². The van der Waals surface area contributed by atoms with Crippen LogP contribution in [-0.2, 0) is 0 Å². The standard InChI is InChI=1S/C14H22/c1-4-7-12-10(2)11(3)13-8-5-6-9-14(12)13/h13H,4-9H2,1-3H3. The van der Waals surface area contributed by atoms with Gasteiger partial charge in [-0.3, -0.25) is 0 Å². The lowest BCUT2D eigenvalue weighted by molar-refractivity contribution is 0.505. The van der Waals surface area contributed by atoms with E-state index in [9.17, 15) is 0 Å². The van der Waals surface area contributed by atoms with Crippen LogP contribution >= 0.6 is 0 Å². The van der Waals surface area contributed by atoms with Crippen molar-refractivity contribution in [1.29, 1.82) is 0 Å². The molecule has 0 aliphatic heterocycles. The molecule has 0 heterocycles. The van der Waals surface area contributed by atoms with E-state index in [1.54, 1.807) is 16.7 Å². The average Bonchev–Trinajstić information content (AvgIpc) is 2.45. The van der Waals surface area contributed by atoms with E-state index < -0.39 is 0 Å². The number of rotatable bonds is 2. The zero-order valence-electron chi connectivity index (χ0n) is 9.82. The minimum Gasteiger partial charge on any atom is -0.0651 e. The third kappa shape index (κ3) is 1.45. The average molecular weight is 190 g/mol. The van der Waals surface area contributed by atoms with E-state index >= 15 is 0 Å². The Labute approximate surface area is 88.1 Å². The van der Waals surface area contributed by atoms with Gasteiger partial charge in [0.15, 0.2) is 0 Å². The fourth-order valence-corrected chi connectivity index (χ4v) is 3.19. The third-order valence-corrected chi connectivity index (χ3v) is 4.06. The molecule has 1 fully saturated rings. The fraction of sp³-hybridized carbons (Fsp3) is 0.714. The molecule has 1 unspecified atom stereocenters. The van der Waals surface area contributed by atoms with Crippen LogP contribution in [0.4, 0.5) is 0 Å². The van der Waals surface area contributed by atoms with Crippen LogP contribution in [0.1, 0.15) is 59.3 Å². The fourth-order valence-electron chi connectivity index (χ4n) is 3.19. The van der Waals surface area contributed by atoms with Gasteiger partial charge in [0.1, 0.15) is 0 Å². The van der Waals surface area contributed by atoms with Gasteiger partial charge >= 0.3 is 0 Å². The van der Waals surface area contributed by atoms with Gasteiger partial charge in [-0.05, 0) is 50.7 Å². The van der Waals surface area contributed by atoms with Crippen molar-refractivity contribution in [1.82, 2.24) is 0 Å². The van der Waals surface area contributed by atoms with Crippen molar-refractivity contribution in [2.45, 2.75) is 59.3 Å². The summed E-state index contributed by atoms with van der Waals surface area (Å²) < 4.78 is 0. The lowest BCUT2D eigenvalue weighted by Gasteiger charge is -2.23. The zero-order valence-corrected chi connectivity index (χ0v) is 9.82. The summed E-state index contributed by atoms with van der Waals surface area (Å²) in [7, 11) is 0.